The van der Waals surface area contributed by atoms with Crippen LogP contribution in [0.2, 0.25) is 0 Å². The van der Waals surface area contributed by atoms with Gasteiger partial charge in [0.15, 0.2) is 0 Å². The van der Waals surface area contributed by atoms with Crippen LogP contribution in [0.15, 0.2) is 24.3 Å². The number of carbonyl (C=O) groups is 1. The van der Waals surface area contributed by atoms with E-state index in [1.807, 2.05) is 0 Å². The number of pyridine rings is 1. The van der Waals surface area contributed by atoms with Crippen molar-refractivity contribution in [2.75, 3.05) is 7.11 Å². The second-order valence-electron chi connectivity index (χ2n) is 3.53. The Morgan fingerprint density at radius 1 is 1.53 bits per heavy atom. The highest BCUT2D eigenvalue weighted by molar-refractivity contribution is 6.04. The number of carboxylic acid groups (broad SMARTS) is 1. The third-order valence-electron chi connectivity index (χ3n) is 2.51. The van der Waals surface area contributed by atoms with E-state index in [9.17, 15) is 4.79 Å². The van der Waals surface area contributed by atoms with Crippen molar-refractivity contribution in [2.45, 2.75) is 6.54 Å². The Bertz CT molecular complexity index is 581. The van der Waals surface area contributed by atoms with Crippen molar-refractivity contribution in [1.82, 2.24) is 4.98 Å². The van der Waals surface area contributed by atoms with Crippen LogP contribution in [0.3, 0.4) is 0 Å². The number of nitrogens with zero attached hydrogens (tertiary/aromatic N) is 1. The lowest BCUT2D eigenvalue weighted by molar-refractivity contribution is 0.0699. The van der Waals surface area contributed by atoms with Gasteiger partial charge >= 0.3 is 5.97 Å². The number of carboxylic acids is 1. The largest absolute Gasteiger partial charge is 0.494 e. The topological polar surface area (TPSA) is 85.4 Å². The fourth-order valence-corrected chi connectivity index (χ4v) is 1.72. The molecule has 2 rings (SSSR count). The summed E-state index contributed by atoms with van der Waals surface area (Å²) in [6.45, 7) is 0.189. The minimum Gasteiger partial charge on any atom is -0.494 e. The van der Waals surface area contributed by atoms with Crippen molar-refractivity contribution < 1.29 is 14.6 Å². The zero-order valence-corrected chi connectivity index (χ0v) is 9.30. The van der Waals surface area contributed by atoms with Crippen LogP contribution in [0.5, 0.6) is 5.75 Å². The number of ether oxygens (including phenoxy) is 1. The van der Waals surface area contributed by atoms with E-state index in [2.05, 4.69) is 4.98 Å². The van der Waals surface area contributed by atoms with Gasteiger partial charge in [-0.3, -0.25) is 0 Å². The lowest BCUT2D eigenvalue weighted by Crippen LogP contribution is -2.06. The zero-order valence-electron chi connectivity index (χ0n) is 9.30. The number of para-hydroxylation sites is 1. The van der Waals surface area contributed by atoms with Gasteiger partial charge in [-0.05, 0) is 12.1 Å². The highest BCUT2D eigenvalue weighted by Gasteiger charge is 2.13. The number of nitrogens with two attached hydrogens (primary N) is 1. The number of aromatic carboxylic acids is 1. The van der Waals surface area contributed by atoms with Crippen LogP contribution in [0, 0.1) is 0 Å². The van der Waals surface area contributed by atoms with Crippen LogP contribution in [0.1, 0.15) is 16.1 Å². The highest BCUT2D eigenvalue weighted by Crippen LogP contribution is 2.26. The van der Waals surface area contributed by atoms with E-state index in [-0.39, 0.29) is 12.1 Å². The summed E-state index contributed by atoms with van der Waals surface area (Å²) in [5.41, 5.74) is 6.75. The molecule has 0 spiro atoms. The van der Waals surface area contributed by atoms with E-state index < -0.39 is 5.97 Å². The van der Waals surface area contributed by atoms with Crippen LogP contribution in [0.25, 0.3) is 10.9 Å². The van der Waals surface area contributed by atoms with E-state index in [1.54, 1.807) is 18.2 Å². The maximum Gasteiger partial charge on any atom is 0.336 e. The molecule has 0 unspecified atom stereocenters. The molecule has 0 saturated carbocycles. The number of hydrogen-bond acceptors (Lipinski definition) is 4. The fraction of sp³-hybridized carbons (Fsp3) is 0.167. The first-order valence-electron chi connectivity index (χ1n) is 5.07. The van der Waals surface area contributed by atoms with Gasteiger partial charge < -0.3 is 15.6 Å². The lowest BCUT2D eigenvalue weighted by atomic mass is 10.1. The molecule has 1 heterocycles. The Balaban J connectivity index is 2.85. The van der Waals surface area contributed by atoms with Crippen molar-refractivity contribution in [1.29, 1.82) is 0 Å². The fourth-order valence-electron chi connectivity index (χ4n) is 1.72. The van der Waals surface area contributed by atoms with Gasteiger partial charge in [0.05, 0.1) is 18.4 Å². The summed E-state index contributed by atoms with van der Waals surface area (Å²) < 4.78 is 5.17. The summed E-state index contributed by atoms with van der Waals surface area (Å²) in [5.74, 6) is -0.458. The average Bonchev–Trinajstić information content (AvgIpc) is 2.36. The number of fused-ring (bicyclic) bond motifs is 1. The van der Waals surface area contributed by atoms with Crippen molar-refractivity contribution in [2.24, 2.45) is 5.73 Å². The average molecular weight is 232 g/mol. The van der Waals surface area contributed by atoms with E-state index in [0.717, 1.165) is 0 Å². The molecule has 0 aliphatic carbocycles. The second kappa shape index (κ2) is 4.39. The molecule has 0 aliphatic heterocycles. The number of methoxy groups -OCH3 is 1. The smallest absolute Gasteiger partial charge is 0.336 e. The molecule has 3 N–H and O–H groups in total. The minimum absolute atomic E-state index is 0.189. The molecule has 0 saturated heterocycles. The normalized spacial score (nSPS) is 10.5. The van der Waals surface area contributed by atoms with Gasteiger partial charge in [0.2, 0.25) is 0 Å². The predicted molar refractivity (Wildman–Crippen MR) is 63.1 cm³/mol. The molecule has 17 heavy (non-hydrogen) atoms. The minimum atomic E-state index is -1.000. The van der Waals surface area contributed by atoms with E-state index in [0.29, 0.717) is 22.3 Å². The molecule has 1 aromatic carbocycles. The van der Waals surface area contributed by atoms with Crippen molar-refractivity contribution in [3.05, 3.63) is 35.5 Å². The third-order valence-corrected chi connectivity index (χ3v) is 2.51. The number of hydrogen-bond donors (Lipinski definition) is 2. The quantitative estimate of drug-likeness (QED) is 0.835. The summed E-state index contributed by atoms with van der Waals surface area (Å²) in [4.78, 5) is 15.5. The van der Waals surface area contributed by atoms with Gasteiger partial charge in [0.1, 0.15) is 11.3 Å². The van der Waals surface area contributed by atoms with Gasteiger partial charge in [-0.2, -0.15) is 0 Å². The molecule has 2 aromatic rings. The first-order valence-corrected chi connectivity index (χ1v) is 5.07. The summed E-state index contributed by atoms with van der Waals surface area (Å²) in [7, 11) is 1.52. The van der Waals surface area contributed by atoms with Crippen LogP contribution in [0.4, 0.5) is 0 Å². The summed E-state index contributed by atoms with van der Waals surface area (Å²) >= 11 is 0. The Hall–Kier alpha value is -2.14. The van der Waals surface area contributed by atoms with E-state index >= 15 is 0 Å². The van der Waals surface area contributed by atoms with Gasteiger partial charge in [-0.25, -0.2) is 9.78 Å². The second-order valence-corrected chi connectivity index (χ2v) is 3.53. The van der Waals surface area contributed by atoms with Gasteiger partial charge in [-0.15, -0.1) is 0 Å². The van der Waals surface area contributed by atoms with Gasteiger partial charge in [-0.1, -0.05) is 12.1 Å². The van der Waals surface area contributed by atoms with Crippen molar-refractivity contribution in [3.8, 4) is 5.75 Å². The molecule has 88 valence electrons. The first-order chi connectivity index (χ1) is 8.17. The molecule has 0 radical (unpaired) electrons. The summed E-state index contributed by atoms with van der Waals surface area (Å²) in [6.07, 6.45) is 0. The van der Waals surface area contributed by atoms with Crippen LogP contribution in [-0.2, 0) is 6.54 Å². The molecule has 0 bridgehead atoms. The molecule has 0 fully saturated rings. The first kappa shape index (κ1) is 11.3. The third kappa shape index (κ3) is 1.92. The molecule has 0 atom stereocenters. The van der Waals surface area contributed by atoms with Crippen LogP contribution >= 0.6 is 0 Å². The number of benzene rings is 1. The zero-order chi connectivity index (χ0) is 12.4. The molecule has 0 amide bonds. The Kier molecular flexibility index (Phi) is 2.93. The number of aromatic nitrogens is 1. The Morgan fingerprint density at radius 3 is 2.88 bits per heavy atom. The van der Waals surface area contributed by atoms with Crippen molar-refractivity contribution >= 4 is 16.9 Å². The summed E-state index contributed by atoms with van der Waals surface area (Å²) in [6, 6.07) is 6.66. The Morgan fingerprint density at radius 2 is 2.29 bits per heavy atom. The van der Waals surface area contributed by atoms with E-state index in [4.69, 9.17) is 15.6 Å². The molecule has 1 aromatic heterocycles. The number of rotatable bonds is 3. The molecular formula is C12H12N2O3. The molecule has 5 heteroatoms. The standard InChI is InChI=1S/C12H12N2O3/c1-17-10-4-2-3-8-9(12(15)16)5-7(6-13)14-11(8)10/h2-5H,6,13H2,1H3,(H,15,16). The van der Waals surface area contributed by atoms with E-state index in [1.165, 1.54) is 13.2 Å². The SMILES string of the molecule is COc1cccc2c(C(=O)O)cc(CN)nc12. The Labute approximate surface area is 97.8 Å². The molecular weight excluding hydrogens is 220 g/mol. The lowest BCUT2D eigenvalue weighted by Gasteiger charge is -2.08. The van der Waals surface area contributed by atoms with Gasteiger partial charge in [0, 0.05) is 11.9 Å². The predicted octanol–water partition coefficient (Wildman–Crippen LogP) is 1.40. The highest BCUT2D eigenvalue weighted by atomic mass is 16.5. The monoisotopic (exact) mass is 232 g/mol. The van der Waals surface area contributed by atoms with Crippen LogP contribution in [-0.4, -0.2) is 23.2 Å². The molecule has 5 nitrogen and oxygen atoms in total. The maximum absolute atomic E-state index is 11.2. The van der Waals surface area contributed by atoms with Crippen molar-refractivity contribution in [3.63, 3.8) is 0 Å². The van der Waals surface area contributed by atoms with Crippen LogP contribution < -0.4 is 10.5 Å². The maximum atomic E-state index is 11.2. The summed E-state index contributed by atoms with van der Waals surface area (Å²) in [5, 5.41) is 9.71. The molecule has 0 aliphatic rings. The van der Waals surface area contributed by atoms with Gasteiger partial charge in [0.25, 0.3) is 0 Å².